The molecule has 0 bridgehead atoms. The number of hydrogen-bond acceptors (Lipinski definition) is 5. The van der Waals surface area contributed by atoms with Gasteiger partial charge in [0.25, 0.3) is 0 Å². The lowest BCUT2D eigenvalue weighted by molar-refractivity contribution is -0.140. The summed E-state index contributed by atoms with van der Waals surface area (Å²) in [7, 11) is 0. The summed E-state index contributed by atoms with van der Waals surface area (Å²) in [6, 6.07) is -0.594. The highest BCUT2D eigenvalue weighted by Gasteiger charge is 2.21. The van der Waals surface area contributed by atoms with E-state index in [1.807, 2.05) is 20.8 Å². The van der Waals surface area contributed by atoms with Gasteiger partial charge in [0.1, 0.15) is 6.04 Å². The first-order valence-electron chi connectivity index (χ1n) is 5.32. The Kier molecular flexibility index (Phi) is 4.42. The van der Waals surface area contributed by atoms with Crippen LogP contribution in [0, 0.1) is 5.92 Å². The highest BCUT2D eigenvalue weighted by atomic mass is 16.5. The smallest absolute Gasteiger partial charge is 0.320 e. The number of hydrogen-bond donors (Lipinski definition) is 2. The second kappa shape index (κ2) is 5.60. The van der Waals surface area contributed by atoms with E-state index in [1.165, 1.54) is 0 Å². The number of aliphatic carboxylic acids is 1. The lowest BCUT2D eigenvalue weighted by Crippen LogP contribution is -2.40. The van der Waals surface area contributed by atoms with Gasteiger partial charge in [-0.15, -0.1) is 0 Å². The molecule has 0 spiro atoms. The number of carboxylic acid groups (broad SMARTS) is 1. The molecule has 2 N–H and O–H groups in total. The summed E-state index contributed by atoms with van der Waals surface area (Å²) < 4.78 is 4.92. The molecule has 1 unspecified atom stereocenters. The third-order valence-corrected chi connectivity index (χ3v) is 2.23. The first kappa shape index (κ1) is 12.6. The zero-order valence-corrected chi connectivity index (χ0v) is 9.73. The van der Waals surface area contributed by atoms with Crippen molar-refractivity contribution < 1.29 is 14.4 Å². The van der Waals surface area contributed by atoms with Gasteiger partial charge in [-0.1, -0.05) is 25.9 Å². The largest absolute Gasteiger partial charge is 0.480 e. The Bertz CT molecular complexity index is 349. The molecule has 0 radical (unpaired) electrons. The molecule has 0 fully saturated rings. The van der Waals surface area contributed by atoms with E-state index in [2.05, 4.69) is 15.5 Å². The second-order valence-electron chi connectivity index (χ2n) is 3.90. The normalized spacial score (nSPS) is 13.0. The van der Waals surface area contributed by atoms with E-state index in [4.69, 9.17) is 9.63 Å². The Morgan fingerprint density at radius 2 is 2.25 bits per heavy atom. The predicted octanol–water partition coefficient (Wildman–Crippen LogP) is 0.831. The van der Waals surface area contributed by atoms with Gasteiger partial charge in [0.05, 0.1) is 6.54 Å². The van der Waals surface area contributed by atoms with Crippen molar-refractivity contribution in [3.05, 3.63) is 11.7 Å². The molecule has 0 aliphatic heterocycles. The van der Waals surface area contributed by atoms with Gasteiger partial charge in [-0.05, 0) is 5.92 Å². The minimum atomic E-state index is -0.866. The molecule has 0 aliphatic carbocycles. The van der Waals surface area contributed by atoms with Crippen molar-refractivity contribution in [3.8, 4) is 0 Å². The van der Waals surface area contributed by atoms with Crippen LogP contribution >= 0.6 is 0 Å². The van der Waals surface area contributed by atoms with Crippen LogP contribution in [0.25, 0.3) is 0 Å². The molecule has 1 aromatic rings. The van der Waals surface area contributed by atoms with E-state index in [9.17, 15) is 4.79 Å². The molecule has 0 aromatic carbocycles. The average Bonchev–Trinajstić information content (AvgIpc) is 2.65. The molecule has 0 amide bonds. The van der Waals surface area contributed by atoms with Crippen LogP contribution in [0.5, 0.6) is 0 Å². The molecular weight excluding hydrogens is 210 g/mol. The van der Waals surface area contributed by atoms with Gasteiger partial charge in [0.15, 0.2) is 5.82 Å². The number of aryl methyl sites for hydroxylation is 1. The van der Waals surface area contributed by atoms with Crippen LogP contribution in [0.3, 0.4) is 0 Å². The topological polar surface area (TPSA) is 88.2 Å². The van der Waals surface area contributed by atoms with Crippen molar-refractivity contribution in [2.45, 2.75) is 39.8 Å². The minimum absolute atomic E-state index is 0.00930. The summed E-state index contributed by atoms with van der Waals surface area (Å²) in [5.41, 5.74) is 0. The molecule has 0 aliphatic rings. The molecule has 16 heavy (non-hydrogen) atoms. The fourth-order valence-electron chi connectivity index (χ4n) is 1.31. The third kappa shape index (κ3) is 3.30. The highest BCUT2D eigenvalue weighted by Crippen LogP contribution is 2.03. The Morgan fingerprint density at radius 1 is 1.56 bits per heavy atom. The van der Waals surface area contributed by atoms with Gasteiger partial charge in [0, 0.05) is 6.42 Å². The molecule has 1 aromatic heterocycles. The summed E-state index contributed by atoms with van der Waals surface area (Å²) >= 11 is 0. The number of rotatable bonds is 6. The van der Waals surface area contributed by atoms with Gasteiger partial charge < -0.3 is 9.63 Å². The summed E-state index contributed by atoms with van der Waals surface area (Å²) in [5.74, 6) is 0.196. The van der Waals surface area contributed by atoms with Gasteiger partial charge >= 0.3 is 5.97 Å². The standard InChI is InChI=1S/C10H17N3O3/c1-4-8-12-7(13-16-8)5-11-9(6(2)3)10(14)15/h6,9,11H,4-5H2,1-3H3,(H,14,15). The highest BCUT2D eigenvalue weighted by molar-refractivity contribution is 5.73. The van der Waals surface area contributed by atoms with Crippen LogP contribution in [0.4, 0.5) is 0 Å². The van der Waals surface area contributed by atoms with E-state index < -0.39 is 12.0 Å². The van der Waals surface area contributed by atoms with Crippen molar-refractivity contribution in [2.75, 3.05) is 0 Å². The van der Waals surface area contributed by atoms with Gasteiger partial charge in [-0.2, -0.15) is 4.98 Å². The van der Waals surface area contributed by atoms with Crippen molar-refractivity contribution in [2.24, 2.45) is 5.92 Å². The molecule has 1 atom stereocenters. The van der Waals surface area contributed by atoms with Crippen LogP contribution in [0.15, 0.2) is 4.52 Å². The minimum Gasteiger partial charge on any atom is -0.480 e. The molecule has 1 rings (SSSR count). The fraction of sp³-hybridized carbons (Fsp3) is 0.700. The Morgan fingerprint density at radius 3 is 2.69 bits per heavy atom. The zero-order valence-electron chi connectivity index (χ0n) is 9.73. The maximum Gasteiger partial charge on any atom is 0.320 e. The predicted molar refractivity (Wildman–Crippen MR) is 56.8 cm³/mol. The van der Waals surface area contributed by atoms with Crippen molar-refractivity contribution >= 4 is 5.97 Å². The molecule has 6 heteroatoms. The lowest BCUT2D eigenvalue weighted by atomic mass is 10.1. The number of aromatic nitrogens is 2. The van der Waals surface area contributed by atoms with E-state index in [0.29, 0.717) is 24.7 Å². The van der Waals surface area contributed by atoms with Crippen molar-refractivity contribution in [3.63, 3.8) is 0 Å². The van der Waals surface area contributed by atoms with Gasteiger partial charge in [-0.3, -0.25) is 10.1 Å². The second-order valence-corrected chi connectivity index (χ2v) is 3.90. The summed E-state index contributed by atoms with van der Waals surface area (Å²) in [6.07, 6.45) is 0.680. The first-order valence-corrected chi connectivity index (χ1v) is 5.32. The number of nitrogens with one attached hydrogen (secondary N) is 1. The summed E-state index contributed by atoms with van der Waals surface area (Å²) in [6.45, 7) is 5.91. The van der Waals surface area contributed by atoms with Crippen LogP contribution in [-0.4, -0.2) is 27.3 Å². The van der Waals surface area contributed by atoms with E-state index in [-0.39, 0.29) is 5.92 Å². The Balaban J connectivity index is 2.52. The van der Waals surface area contributed by atoms with Crippen LogP contribution in [-0.2, 0) is 17.8 Å². The monoisotopic (exact) mass is 227 g/mol. The maximum absolute atomic E-state index is 10.9. The quantitative estimate of drug-likeness (QED) is 0.748. The average molecular weight is 227 g/mol. The number of nitrogens with zero attached hydrogens (tertiary/aromatic N) is 2. The van der Waals surface area contributed by atoms with E-state index in [0.717, 1.165) is 0 Å². The van der Waals surface area contributed by atoms with E-state index >= 15 is 0 Å². The Labute approximate surface area is 94.0 Å². The van der Waals surface area contributed by atoms with E-state index in [1.54, 1.807) is 0 Å². The SMILES string of the molecule is CCc1nc(CNC(C(=O)O)C(C)C)no1. The van der Waals surface area contributed by atoms with Crippen LogP contribution in [0.1, 0.15) is 32.5 Å². The zero-order chi connectivity index (χ0) is 12.1. The van der Waals surface area contributed by atoms with Crippen molar-refractivity contribution in [1.82, 2.24) is 15.5 Å². The van der Waals surface area contributed by atoms with Crippen LogP contribution in [0.2, 0.25) is 0 Å². The Hall–Kier alpha value is -1.43. The maximum atomic E-state index is 10.9. The number of carbonyl (C=O) groups is 1. The molecule has 1 heterocycles. The van der Waals surface area contributed by atoms with Crippen molar-refractivity contribution in [1.29, 1.82) is 0 Å². The molecule has 6 nitrogen and oxygen atoms in total. The van der Waals surface area contributed by atoms with Gasteiger partial charge in [0.2, 0.25) is 5.89 Å². The molecular formula is C10H17N3O3. The first-order chi connectivity index (χ1) is 7.54. The molecule has 0 saturated carbocycles. The third-order valence-electron chi connectivity index (χ3n) is 2.23. The lowest BCUT2D eigenvalue weighted by Gasteiger charge is -2.16. The number of carboxylic acids is 1. The summed E-state index contributed by atoms with van der Waals surface area (Å²) in [5, 5.41) is 15.6. The van der Waals surface area contributed by atoms with Crippen LogP contribution < -0.4 is 5.32 Å². The fourth-order valence-corrected chi connectivity index (χ4v) is 1.31. The van der Waals surface area contributed by atoms with Gasteiger partial charge in [-0.25, -0.2) is 0 Å². The molecule has 0 saturated heterocycles. The summed E-state index contributed by atoms with van der Waals surface area (Å²) in [4.78, 5) is 15.0. The molecule has 90 valence electrons.